The lowest BCUT2D eigenvalue weighted by molar-refractivity contribution is -0.137. The topological polar surface area (TPSA) is 78.9 Å². The fraction of sp³-hybridized carbons (Fsp3) is 0.300. The van der Waals surface area contributed by atoms with Gasteiger partial charge in [0.2, 0.25) is 0 Å². The molecule has 2 aromatic carbocycles. The molecule has 8 heteroatoms. The number of carbonyl (C=O) groups excluding carboxylic acids is 1. The van der Waals surface area contributed by atoms with Gasteiger partial charge in [0.15, 0.2) is 0 Å². The maximum absolute atomic E-state index is 12.5. The van der Waals surface area contributed by atoms with Crippen LogP contribution in [0.2, 0.25) is 10.0 Å². The van der Waals surface area contributed by atoms with Crippen LogP contribution in [-0.4, -0.2) is 48.1 Å². The molecule has 2 aromatic rings. The largest absolute Gasteiger partial charge is 0.481 e. The van der Waals surface area contributed by atoms with E-state index in [1.165, 1.54) is 0 Å². The molecule has 28 heavy (non-hydrogen) atoms. The summed E-state index contributed by atoms with van der Waals surface area (Å²) in [5.74, 6) is -1.18. The molecule has 6 nitrogen and oxygen atoms in total. The number of carboxylic acid groups (broad SMARTS) is 1. The van der Waals surface area contributed by atoms with Crippen molar-refractivity contribution < 1.29 is 19.4 Å². The Morgan fingerprint density at radius 3 is 2.46 bits per heavy atom. The van der Waals surface area contributed by atoms with Gasteiger partial charge in [0.05, 0.1) is 34.7 Å². The van der Waals surface area contributed by atoms with Crippen LogP contribution in [0.4, 0.5) is 5.69 Å². The van der Waals surface area contributed by atoms with Crippen LogP contribution in [0.3, 0.4) is 0 Å². The summed E-state index contributed by atoms with van der Waals surface area (Å²) in [7, 11) is 0. The van der Waals surface area contributed by atoms with E-state index in [-0.39, 0.29) is 24.0 Å². The molecule has 1 fully saturated rings. The van der Waals surface area contributed by atoms with Crippen LogP contribution in [-0.2, 0) is 9.53 Å². The molecule has 0 bridgehead atoms. The number of anilines is 1. The van der Waals surface area contributed by atoms with Gasteiger partial charge in [-0.1, -0.05) is 41.4 Å². The third kappa shape index (κ3) is 5.23. The van der Waals surface area contributed by atoms with E-state index in [9.17, 15) is 9.59 Å². The predicted octanol–water partition coefficient (Wildman–Crippen LogP) is 4.09. The van der Waals surface area contributed by atoms with Crippen molar-refractivity contribution in [3.63, 3.8) is 0 Å². The second kappa shape index (κ2) is 9.39. The number of morpholine rings is 1. The molecule has 0 radical (unpaired) electrons. The van der Waals surface area contributed by atoms with Crippen LogP contribution < -0.4 is 5.32 Å². The van der Waals surface area contributed by atoms with Crippen molar-refractivity contribution in [3.05, 3.63) is 63.6 Å². The number of amides is 1. The summed E-state index contributed by atoms with van der Waals surface area (Å²) in [5.41, 5.74) is 1.82. The van der Waals surface area contributed by atoms with Gasteiger partial charge >= 0.3 is 5.97 Å². The van der Waals surface area contributed by atoms with Gasteiger partial charge in [0, 0.05) is 25.3 Å². The third-order valence-electron chi connectivity index (χ3n) is 4.52. The molecule has 1 amide bonds. The average molecular weight is 423 g/mol. The Morgan fingerprint density at radius 2 is 1.82 bits per heavy atom. The Bertz CT molecular complexity index is 838. The van der Waals surface area contributed by atoms with Crippen LogP contribution >= 0.6 is 23.2 Å². The number of ether oxygens (including phenoxy) is 1. The van der Waals surface area contributed by atoms with Crippen molar-refractivity contribution in [1.82, 2.24) is 4.90 Å². The minimum atomic E-state index is -0.804. The molecule has 0 aliphatic carbocycles. The summed E-state index contributed by atoms with van der Waals surface area (Å²) in [6.07, 6.45) is -0.0206. The normalized spacial score (nSPS) is 17.3. The predicted molar refractivity (Wildman–Crippen MR) is 108 cm³/mol. The number of hydrogen-bond acceptors (Lipinski definition) is 4. The van der Waals surface area contributed by atoms with Gasteiger partial charge in [-0.25, -0.2) is 0 Å². The Hall–Kier alpha value is -2.12. The first-order valence-electron chi connectivity index (χ1n) is 8.85. The molecule has 1 atom stereocenters. The van der Waals surface area contributed by atoms with E-state index in [2.05, 4.69) is 10.2 Å². The number of nitrogens with zero attached hydrogens (tertiary/aromatic N) is 1. The summed E-state index contributed by atoms with van der Waals surface area (Å²) in [4.78, 5) is 25.3. The number of carbonyl (C=O) groups is 2. The van der Waals surface area contributed by atoms with Crippen LogP contribution in [0.5, 0.6) is 0 Å². The van der Waals surface area contributed by atoms with Gasteiger partial charge < -0.3 is 15.2 Å². The van der Waals surface area contributed by atoms with E-state index in [0.29, 0.717) is 35.4 Å². The number of nitrogens with one attached hydrogen (secondary N) is 1. The molecule has 1 aliphatic rings. The molecular weight excluding hydrogens is 403 g/mol. The van der Waals surface area contributed by atoms with Crippen molar-refractivity contribution in [2.45, 2.75) is 12.5 Å². The van der Waals surface area contributed by atoms with E-state index in [4.69, 9.17) is 33.0 Å². The highest BCUT2D eigenvalue weighted by Crippen LogP contribution is 2.27. The van der Waals surface area contributed by atoms with Gasteiger partial charge in [0.25, 0.3) is 5.91 Å². The summed E-state index contributed by atoms with van der Waals surface area (Å²) >= 11 is 12.1. The Labute approximate surface area is 173 Å². The van der Waals surface area contributed by atoms with Crippen molar-refractivity contribution in [3.8, 4) is 0 Å². The number of aliphatic carboxylic acids is 1. The lowest BCUT2D eigenvalue weighted by Crippen LogP contribution is -2.39. The highest BCUT2D eigenvalue weighted by atomic mass is 35.5. The number of halogens is 2. The Balaban J connectivity index is 1.63. The molecule has 0 saturated carbocycles. The van der Waals surface area contributed by atoms with Crippen molar-refractivity contribution in [2.75, 3.05) is 31.6 Å². The molecule has 1 heterocycles. The maximum Gasteiger partial charge on any atom is 0.304 e. The van der Waals surface area contributed by atoms with Crippen LogP contribution in [0.15, 0.2) is 42.5 Å². The standard InChI is InChI=1S/C20H20Cl2N2O4/c21-15-2-1-3-16(22)19(15)20(27)23-14-6-4-13(5-7-14)17-12-24(10-11-28-17)9-8-18(25)26/h1-7,17H,8-12H2,(H,23,27)(H,25,26). The first-order valence-corrected chi connectivity index (χ1v) is 9.60. The van der Waals surface area contributed by atoms with Gasteiger partial charge in [0.1, 0.15) is 0 Å². The molecule has 1 unspecified atom stereocenters. The zero-order chi connectivity index (χ0) is 20.1. The SMILES string of the molecule is O=C(O)CCN1CCOC(c2ccc(NC(=O)c3c(Cl)cccc3Cl)cc2)C1. The molecular formula is C20H20Cl2N2O4. The zero-order valence-electron chi connectivity index (χ0n) is 15.0. The Morgan fingerprint density at radius 1 is 1.14 bits per heavy atom. The third-order valence-corrected chi connectivity index (χ3v) is 5.15. The zero-order valence-corrected chi connectivity index (χ0v) is 16.5. The first kappa shape index (κ1) is 20.6. The highest BCUT2D eigenvalue weighted by molar-refractivity contribution is 6.40. The van der Waals surface area contributed by atoms with Crippen molar-refractivity contribution >= 4 is 40.8 Å². The minimum Gasteiger partial charge on any atom is -0.481 e. The van der Waals surface area contributed by atoms with E-state index in [1.54, 1.807) is 30.3 Å². The summed E-state index contributed by atoms with van der Waals surface area (Å²) in [5, 5.41) is 12.2. The number of benzene rings is 2. The second-order valence-electron chi connectivity index (χ2n) is 6.48. The number of rotatable bonds is 6. The average Bonchev–Trinajstić information content (AvgIpc) is 2.67. The molecule has 2 N–H and O–H groups in total. The summed E-state index contributed by atoms with van der Waals surface area (Å²) < 4.78 is 5.81. The van der Waals surface area contributed by atoms with Gasteiger partial charge in [-0.2, -0.15) is 0 Å². The van der Waals surface area contributed by atoms with Crippen LogP contribution in [0, 0.1) is 0 Å². The minimum absolute atomic E-state index is 0.113. The van der Waals surface area contributed by atoms with Gasteiger partial charge in [-0.05, 0) is 29.8 Å². The molecule has 0 spiro atoms. The molecule has 0 aromatic heterocycles. The number of carboxylic acids is 1. The smallest absolute Gasteiger partial charge is 0.304 e. The lowest BCUT2D eigenvalue weighted by atomic mass is 10.1. The van der Waals surface area contributed by atoms with Crippen molar-refractivity contribution in [1.29, 1.82) is 0 Å². The highest BCUT2D eigenvalue weighted by Gasteiger charge is 2.22. The lowest BCUT2D eigenvalue weighted by Gasteiger charge is -2.32. The second-order valence-corrected chi connectivity index (χ2v) is 7.29. The quantitative estimate of drug-likeness (QED) is 0.732. The van der Waals surface area contributed by atoms with Crippen LogP contribution in [0.1, 0.15) is 28.4 Å². The van der Waals surface area contributed by atoms with Gasteiger partial charge in [-0.15, -0.1) is 0 Å². The van der Waals surface area contributed by atoms with Gasteiger partial charge in [-0.3, -0.25) is 14.5 Å². The summed E-state index contributed by atoms with van der Waals surface area (Å²) in [6.45, 7) is 2.40. The molecule has 1 aliphatic heterocycles. The van der Waals surface area contributed by atoms with Crippen molar-refractivity contribution in [2.24, 2.45) is 0 Å². The van der Waals surface area contributed by atoms with E-state index in [1.807, 2.05) is 12.1 Å². The monoisotopic (exact) mass is 422 g/mol. The fourth-order valence-corrected chi connectivity index (χ4v) is 3.62. The summed E-state index contributed by atoms with van der Waals surface area (Å²) in [6, 6.07) is 12.3. The fourth-order valence-electron chi connectivity index (χ4n) is 3.05. The molecule has 1 saturated heterocycles. The number of hydrogen-bond donors (Lipinski definition) is 2. The maximum atomic E-state index is 12.5. The Kier molecular flexibility index (Phi) is 6.91. The van der Waals surface area contributed by atoms with Crippen LogP contribution in [0.25, 0.3) is 0 Å². The first-order chi connectivity index (χ1) is 13.4. The molecule has 148 valence electrons. The van der Waals surface area contributed by atoms with E-state index < -0.39 is 5.97 Å². The van der Waals surface area contributed by atoms with E-state index in [0.717, 1.165) is 12.1 Å². The molecule has 3 rings (SSSR count). The van der Waals surface area contributed by atoms with E-state index >= 15 is 0 Å².